The quantitative estimate of drug-likeness (QED) is 0.145. The van der Waals surface area contributed by atoms with Crippen LogP contribution in [-0.4, -0.2) is 87.1 Å². The molecule has 0 aliphatic carbocycles. The van der Waals surface area contributed by atoms with Gasteiger partial charge in [-0.2, -0.15) is 10.2 Å². The van der Waals surface area contributed by atoms with E-state index in [-0.39, 0.29) is 65.7 Å². The Morgan fingerprint density at radius 2 is 1.89 bits per heavy atom. The van der Waals surface area contributed by atoms with E-state index in [4.69, 9.17) is 18.2 Å². The number of nitriles is 1. The lowest BCUT2D eigenvalue weighted by Gasteiger charge is -2.42. The van der Waals surface area contributed by atoms with Gasteiger partial charge in [0.1, 0.15) is 18.3 Å². The number of aliphatic hydroxyl groups is 1. The molecule has 1 unspecified atom stereocenters. The van der Waals surface area contributed by atoms with E-state index >= 15 is 0 Å². The standard InChI is InChI=1S/C29H50N7O7PSi/c1-17(2)25(38)33-28-32-24-21(26(39)34-28)31-16-35(24)27-23(43-45(10,11)29(7,8)9)22(20(15-37)41-27)42-44(40-14-12-13-30)36(18(3)4)19(5)6/h16-20,22-23,27,37H,12,14-15H2,1-11H3,(H2,32,33,34,38,39)/t20-,22-,23-,27-,44?/m1/s1. The molecule has 16 heteroatoms. The summed E-state index contributed by atoms with van der Waals surface area (Å²) in [6.45, 7) is 22.1. The van der Waals surface area contributed by atoms with Gasteiger partial charge in [-0.05, 0) is 45.8 Å². The van der Waals surface area contributed by atoms with Gasteiger partial charge in [0.25, 0.3) is 14.1 Å². The summed E-state index contributed by atoms with van der Waals surface area (Å²) < 4.78 is 30.1. The number of nitrogens with zero attached hydrogens (tertiary/aromatic N) is 5. The van der Waals surface area contributed by atoms with Gasteiger partial charge in [-0.1, -0.05) is 34.6 Å². The highest BCUT2D eigenvalue weighted by molar-refractivity contribution is 7.44. The van der Waals surface area contributed by atoms with Gasteiger partial charge in [0.15, 0.2) is 25.7 Å². The third kappa shape index (κ3) is 8.55. The van der Waals surface area contributed by atoms with Gasteiger partial charge in [0, 0.05) is 18.0 Å². The summed E-state index contributed by atoms with van der Waals surface area (Å²) in [5.41, 5.74) is -0.282. The smallest absolute Gasteiger partial charge is 0.280 e. The van der Waals surface area contributed by atoms with Gasteiger partial charge in [0.2, 0.25) is 11.9 Å². The van der Waals surface area contributed by atoms with Gasteiger partial charge >= 0.3 is 0 Å². The predicted octanol–water partition coefficient (Wildman–Crippen LogP) is 4.66. The van der Waals surface area contributed by atoms with Crippen LogP contribution in [0.25, 0.3) is 11.2 Å². The molecule has 2 aromatic heterocycles. The highest BCUT2D eigenvalue weighted by atomic mass is 31.2. The molecule has 1 amide bonds. The fraction of sp³-hybridized carbons (Fsp3) is 0.759. The van der Waals surface area contributed by atoms with E-state index in [1.165, 1.54) is 6.33 Å². The Hall–Kier alpha value is -2.28. The van der Waals surface area contributed by atoms with Crippen molar-refractivity contribution < 1.29 is 28.1 Å². The molecule has 0 bridgehead atoms. The van der Waals surface area contributed by atoms with Crippen molar-refractivity contribution in [1.29, 1.82) is 5.26 Å². The van der Waals surface area contributed by atoms with Crippen LogP contribution in [0.2, 0.25) is 18.1 Å². The molecule has 1 saturated heterocycles. The first kappa shape index (κ1) is 37.2. The zero-order valence-corrected chi connectivity index (χ0v) is 30.2. The second-order valence-electron chi connectivity index (χ2n) is 13.6. The second kappa shape index (κ2) is 15.1. The number of carbonyl (C=O) groups excluding carboxylic acids is 1. The number of hydrogen-bond donors (Lipinski definition) is 3. The number of aliphatic hydroxyl groups excluding tert-OH is 1. The zero-order valence-electron chi connectivity index (χ0n) is 28.3. The Labute approximate surface area is 267 Å². The van der Waals surface area contributed by atoms with Crippen LogP contribution in [0.5, 0.6) is 0 Å². The summed E-state index contributed by atoms with van der Waals surface area (Å²) in [5.74, 6) is -0.655. The van der Waals surface area contributed by atoms with Crippen LogP contribution in [0.1, 0.15) is 75.0 Å². The highest BCUT2D eigenvalue weighted by Crippen LogP contribution is 2.51. The van der Waals surface area contributed by atoms with Crippen LogP contribution in [0, 0.1) is 17.2 Å². The summed E-state index contributed by atoms with van der Waals surface area (Å²) in [5, 5.41) is 22.2. The molecule has 3 N–H and O–H groups in total. The summed E-state index contributed by atoms with van der Waals surface area (Å²) in [6, 6.07) is 2.22. The number of aromatic amines is 1. The summed E-state index contributed by atoms with van der Waals surface area (Å²) >= 11 is 0. The largest absolute Gasteiger partial charge is 0.407 e. The first-order chi connectivity index (χ1) is 20.9. The number of H-pyrrole nitrogens is 1. The minimum Gasteiger partial charge on any atom is -0.407 e. The van der Waals surface area contributed by atoms with Crippen LogP contribution < -0.4 is 10.9 Å². The van der Waals surface area contributed by atoms with E-state index in [1.807, 2.05) is 27.7 Å². The van der Waals surface area contributed by atoms with E-state index in [0.29, 0.717) is 0 Å². The second-order valence-corrected chi connectivity index (χ2v) is 19.8. The van der Waals surface area contributed by atoms with Crippen molar-refractivity contribution in [2.24, 2.45) is 5.92 Å². The van der Waals surface area contributed by atoms with E-state index in [0.717, 1.165) is 0 Å². The number of anilines is 1. The van der Waals surface area contributed by atoms with Crippen molar-refractivity contribution in [1.82, 2.24) is 24.2 Å². The third-order valence-electron chi connectivity index (χ3n) is 8.05. The minimum atomic E-state index is -2.50. The number of rotatable bonds is 14. The van der Waals surface area contributed by atoms with Crippen molar-refractivity contribution in [3.8, 4) is 6.07 Å². The zero-order chi connectivity index (χ0) is 33.9. The van der Waals surface area contributed by atoms with Crippen molar-refractivity contribution >= 4 is 39.9 Å². The molecule has 1 fully saturated rings. The molecule has 2 aromatic rings. The van der Waals surface area contributed by atoms with Gasteiger partial charge < -0.3 is 23.3 Å². The molecular weight excluding hydrogens is 617 g/mol. The number of amides is 1. The number of carbonyl (C=O) groups is 1. The number of aromatic nitrogens is 4. The maximum Gasteiger partial charge on any atom is 0.280 e. The number of fused-ring (bicyclic) bond motifs is 1. The SMILES string of the molecule is CC(C)C(=O)Nc1nc2c(ncn2[C@@H]2O[C@H](CO)[C@@H](OP(OCCC#N)N(C(C)C)C(C)C)[C@H]2O[Si](C)(C)C(C)(C)C)c(=O)[nH]1. The predicted molar refractivity (Wildman–Crippen MR) is 175 cm³/mol. The number of ether oxygens (including phenoxy) is 1. The topological polar surface area (TPSA) is 177 Å². The third-order valence-corrected chi connectivity index (χ3v) is 14.7. The number of imidazole rings is 1. The van der Waals surface area contributed by atoms with E-state index in [2.05, 4.69) is 64.9 Å². The van der Waals surface area contributed by atoms with Gasteiger partial charge in [-0.3, -0.25) is 24.5 Å². The van der Waals surface area contributed by atoms with Crippen molar-refractivity contribution in [3.63, 3.8) is 0 Å². The molecule has 1 aliphatic rings. The molecule has 3 heterocycles. The minimum absolute atomic E-state index is 0.0155. The Morgan fingerprint density at radius 3 is 2.42 bits per heavy atom. The number of hydrogen-bond acceptors (Lipinski definition) is 11. The molecule has 14 nitrogen and oxygen atoms in total. The molecule has 0 saturated carbocycles. The number of nitrogens with one attached hydrogen (secondary N) is 2. The highest BCUT2D eigenvalue weighted by Gasteiger charge is 2.53. The fourth-order valence-electron chi connectivity index (χ4n) is 4.68. The monoisotopic (exact) mass is 667 g/mol. The van der Waals surface area contributed by atoms with Crippen molar-refractivity contribution in [3.05, 3.63) is 16.7 Å². The van der Waals surface area contributed by atoms with Crippen LogP contribution in [-0.2, 0) is 23.0 Å². The van der Waals surface area contributed by atoms with Gasteiger partial charge in [-0.15, -0.1) is 0 Å². The van der Waals surface area contributed by atoms with E-state index in [9.17, 15) is 20.0 Å². The van der Waals surface area contributed by atoms with Gasteiger partial charge in [-0.25, -0.2) is 9.65 Å². The lowest BCUT2D eigenvalue weighted by atomic mass is 10.1. The summed E-state index contributed by atoms with van der Waals surface area (Å²) in [6.07, 6.45) is -1.62. The van der Waals surface area contributed by atoms with Crippen molar-refractivity contribution in [2.45, 2.75) is 123 Å². The van der Waals surface area contributed by atoms with E-state index < -0.39 is 46.9 Å². The molecule has 3 rings (SSSR count). The summed E-state index contributed by atoms with van der Waals surface area (Å²) in [4.78, 5) is 36.8. The molecule has 1 aliphatic heterocycles. The van der Waals surface area contributed by atoms with Gasteiger partial charge in [0.05, 0.1) is 32.0 Å². The Kier molecular flexibility index (Phi) is 12.5. The molecule has 45 heavy (non-hydrogen) atoms. The van der Waals surface area contributed by atoms with Crippen LogP contribution in [0.4, 0.5) is 5.95 Å². The Morgan fingerprint density at radius 1 is 1.24 bits per heavy atom. The molecule has 252 valence electrons. The Bertz CT molecular complexity index is 1390. The molecule has 0 aromatic carbocycles. The average molecular weight is 668 g/mol. The van der Waals surface area contributed by atoms with E-state index in [1.54, 1.807) is 18.4 Å². The first-order valence-electron chi connectivity index (χ1n) is 15.4. The lowest BCUT2D eigenvalue weighted by molar-refractivity contribution is -0.118. The molecule has 5 atom stereocenters. The molecular formula is C29H50N7O7PSi. The lowest BCUT2D eigenvalue weighted by Crippen LogP contribution is -2.49. The normalized spacial score (nSPS) is 21.8. The van der Waals surface area contributed by atoms with Crippen LogP contribution in [0.15, 0.2) is 11.1 Å². The summed E-state index contributed by atoms with van der Waals surface area (Å²) in [7, 11) is -4.20. The molecule has 0 spiro atoms. The first-order valence-corrected chi connectivity index (χ1v) is 19.4. The maximum absolute atomic E-state index is 13.0. The molecule has 0 radical (unpaired) electrons. The Balaban J connectivity index is 2.15. The van der Waals surface area contributed by atoms with Crippen molar-refractivity contribution in [2.75, 3.05) is 18.5 Å². The fourth-order valence-corrected chi connectivity index (χ4v) is 7.73. The van der Waals surface area contributed by atoms with Crippen LogP contribution in [0.3, 0.4) is 0 Å². The maximum atomic E-state index is 13.0. The average Bonchev–Trinajstić information content (AvgIpc) is 3.48. The van der Waals surface area contributed by atoms with Crippen LogP contribution >= 0.6 is 8.53 Å².